The summed E-state index contributed by atoms with van der Waals surface area (Å²) in [4.78, 5) is 72.6. The van der Waals surface area contributed by atoms with Crippen LogP contribution in [0.2, 0.25) is 0 Å². The maximum absolute atomic E-state index is 13.0. The maximum Gasteiger partial charge on any atom is 0.472 e. The molecule has 0 radical (unpaired) electrons. The van der Waals surface area contributed by atoms with Crippen molar-refractivity contribution >= 4 is 39.5 Å². The first kappa shape index (κ1) is 90.1. The summed E-state index contributed by atoms with van der Waals surface area (Å²) < 4.78 is 68.3. The zero-order chi connectivity index (χ0) is 68.0. The lowest BCUT2D eigenvalue weighted by atomic mass is 10.0. The van der Waals surface area contributed by atoms with Gasteiger partial charge in [-0.2, -0.15) is 0 Å². The van der Waals surface area contributed by atoms with Gasteiger partial charge in [0.15, 0.2) is 12.2 Å². The van der Waals surface area contributed by atoms with Gasteiger partial charge < -0.3 is 33.8 Å². The molecule has 0 bridgehead atoms. The number of ether oxygens (including phenoxy) is 4. The summed E-state index contributed by atoms with van der Waals surface area (Å²) >= 11 is 0. The molecule has 0 aliphatic carbocycles. The van der Waals surface area contributed by atoms with Crippen molar-refractivity contribution in [1.82, 2.24) is 0 Å². The Morgan fingerprint density at radius 3 is 0.739 bits per heavy atom. The number of hydrogen-bond acceptors (Lipinski definition) is 15. The van der Waals surface area contributed by atoms with E-state index in [1.807, 2.05) is 0 Å². The van der Waals surface area contributed by atoms with Gasteiger partial charge in [-0.1, -0.05) is 318 Å². The molecule has 5 atom stereocenters. The SMILES string of the molecule is CCCCCCCCCC(=O)OC[C@H](COP(=O)(O)OC[C@H](O)COP(=O)(O)OC[C@@H](COC(=O)CCCCCCCCCCCCCC(C)C)OC(=O)CCCCCCCCCCCCCCCCC(C)C)OC(=O)CCCCCCCCCCCCCC(C)C. The third-order valence-corrected chi connectivity index (χ3v) is 18.8. The highest BCUT2D eigenvalue weighted by Crippen LogP contribution is 2.45. The second kappa shape index (κ2) is 63.8. The van der Waals surface area contributed by atoms with E-state index in [4.69, 9.17) is 37.0 Å². The first-order valence-corrected chi connectivity index (χ1v) is 40.8. The summed E-state index contributed by atoms with van der Waals surface area (Å²) in [5, 5.41) is 10.6. The summed E-state index contributed by atoms with van der Waals surface area (Å²) in [6.45, 7) is 11.9. The number of phosphoric acid groups is 2. The normalized spacial score (nSPS) is 14.1. The van der Waals surface area contributed by atoms with Crippen LogP contribution in [0.25, 0.3) is 0 Å². The second-order valence-corrected chi connectivity index (χ2v) is 30.7. The lowest BCUT2D eigenvalue weighted by Crippen LogP contribution is -2.30. The van der Waals surface area contributed by atoms with E-state index in [1.54, 1.807) is 0 Å². The fraction of sp³-hybridized carbons (Fsp3) is 0.945. The molecule has 0 aliphatic rings. The van der Waals surface area contributed by atoms with Crippen molar-refractivity contribution < 1.29 is 80.2 Å². The van der Waals surface area contributed by atoms with Crippen molar-refractivity contribution in [2.24, 2.45) is 17.8 Å². The van der Waals surface area contributed by atoms with Crippen LogP contribution in [-0.2, 0) is 65.4 Å². The number of hydrogen-bond donors (Lipinski definition) is 3. The Labute approximate surface area is 562 Å². The van der Waals surface area contributed by atoms with E-state index < -0.39 is 97.5 Å². The van der Waals surface area contributed by atoms with E-state index in [1.165, 1.54) is 167 Å². The van der Waals surface area contributed by atoms with Crippen LogP contribution in [0.3, 0.4) is 0 Å². The molecule has 0 fully saturated rings. The summed E-state index contributed by atoms with van der Waals surface area (Å²) in [5.41, 5.74) is 0. The summed E-state index contributed by atoms with van der Waals surface area (Å²) in [6.07, 6.45) is 48.6. The molecular weight excluding hydrogens is 1210 g/mol. The van der Waals surface area contributed by atoms with Crippen LogP contribution in [0.15, 0.2) is 0 Å². The van der Waals surface area contributed by atoms with Crippen LogP contribution in [0.5, 0.6) is 0 Å². The van der Waals surface area contributed by atoms with Crippen LogP contribution in [0.4, 0.5) is 0 Å². The largest absolute Gasteiger partial charge is 0.472 e. The second-order valence-electron chi connectivity index (χ2n) is 27.8. The van der Waals surface area contributed by atoms with E-state index in [0.29, 0.717) is 25.7 Å². The van der Waals surface area contributed by atoms with Gasteiger partial charge in [-0.15, -0.1) is 0 Å². The first-order valence-electron chi connectivity index (χ1n) is 37.8. The molecule has 2 unspecified atom stereocenters. The minimum absolute atomic E-state index is 0.106. The Morgan fingerprint density at radius 1 is 0.293 bits per heavy atom. The molecule has 3 N–H and O–H groups in total. The fourth-order valence-electron chi connectivity index (χ4n) is 11.1. The highest BCUT2D eigenvalue weighted by Gasteiger charge is 2.30. The van der Waals surface area contributed by atoms with E-state index in [-0.39, 0.29) is 25.7 Å². The standard InChI is InChI=1S/C73H142O17P2/c1-8-9-10-11-30-40-47-54-70(75)83-60-68(89-73(78)57-50-43-36-29-23-17-20-26-33-39-46-53-66(6)7)62-87-91(79,80)85-58-67(74)59-86-92(81,82)88-63-69(61-84-71(76)55-48-41-34-27-22-16-19-25-32-38-45-52-65(4)5)90-72(77)56-49-42-35-28-21-15-13-12-14-18-24-31-37-44-51-64(2)3/h64-69,74H,8-63H2,1-7H3,(H,79,80)(H,81,82)/t67-,68+,69+/m0/s1. The van der Waals surface area contributed by atoms with Gasteiger partial charge >= 0.3 is 39.5 Å². The third-order valence-electron chi connectivity index (χ3n) is 16.9. The van der Waals surface area contributed by atoms with Gasteiger partial charge in [0.05, 0.1) is 26.4 Å². The van der Waals surface area contributed by atoms with Crippen molar-refractivity contribution in [2.45, 2.75) is 388 Å². The Balaban J connectivity index is 5.21. The number of rotatable bonds is 71. The van der Waals surface area contributed by atoms with Crippen molar-refractivity contribution in [3.63, 3.8) is 0 Å². The molecule has 0 spiro atoms. The Kier molecular flexibility index (Phi) is 62.4. The molecule has 92 heavy (non-hydrogen) atoms. The minimum atomic E-state index is -4.95. The number of carbonyl (C=O) groups excluding carboxylic acids is 4. The monoisotopic (exact) mass is 1350 g/mol. The van der Waals surface area contributed by atoms with Crippen molar-refractivity contribution in [2.75, 3.05) is 39.6 Å². The van der Waals surface area contributed by atoms with Gasteiger partial charge in [0.1, 0.15) is 19.3 Å². The van der Waals surface area contributed by atoms with E-state index >= 15 is 0 Å². The molecule has 0 aliphatic heterocycles. The predicted molar refractivity (Wildman–Crippen MR) is 372 cm³/mol. The minimum Gasteiger partial charge on any atom is -0.462 e. The van der Waals surface area contributed by atoms with Gasteiger partial charge in [-0.3, -0.25) is 37.3 Å². The van der Waals surface area contributed by atoms with E-state index in [2.05, 4.69) is 48.5 Å². The van der Waals surface area contributed by atoms with Crippen LogP contribution in [-0.4, -0.2) is 96.7 Å². The number of aliphatic hydroxyl groups is 1. The molecule has 19 heteroatoms. The Hall–Kier alpha value is -1.94. The molecule has 0 aromatic carbocycles. The smallest absolute Gasteiger partial charge is 0.462 e. The molecule has 0 aromatic heterocycles. The molecule has 0 amide bonds. The van der Waals surface area contributed by atoms with Gasteiger partial charge in [-0.05, 0) is 43.4 Å². The van der Waals surface area contributed by atoms with Gasteiger partial charge in [0.25, 0.3) is 0 Å². The van der Waals surface area contributed by atoms with Gasteiger partial charge in [0, 0.05) is 25.7 Å². The van der Waals surface area contributed by atoms with Gasteiger partial charge in [0.2, 0.25) is 0 Å². The molecule has 17 nitrogen and oxygen atoms in total. The number of esters is 4. The highest BCUT2D eigenvalue weighted by molar-refractivity contribution is 7.47. The van der Waals surface area contributed by atoms with Crippen LogP contribution in [0, 0.1) is 17.8 Å². The van der Waals surface area contributed by atoms with Crippen LogP contribution < -0.4 is 0 Å². The molecule has 0 rings (SSSR count). The van der Waals surface area contributed by atoms with Crippen molar-refractivity contribution in [3.05, 3.63) is 0 Å². The Morgan fingerprint density at radius 2 is 0.500 bits per heavy atom. The summed E-state index contributed by atoms with van der Waals surface area (Å²) in [6, 6.07) is 0. The quantitative estimate of drug-likeness (QED) is 0.0222. The number of aliphatic hydroxyl groups excluding tert-OH is 1. The van der Waals surface area contributed by atoms with Crippen LogP contribution in [0.1, 0.15) is 370 Å². The molecular formula is C73H142O17P2. The average Bonchev–Trinajstić information content (AvgIpc) is 1.64. The number of carbonyl (C=O) groups is 4. The number of unbranched alkanes of at least 4 members (excludes halogenated alkanes) is 39. The predicted octanol–water partition coefficient (Wildman–Crippen LogP) is 21.0. The highest BCUT2D eigenvalue weighted by atomic mass is 31.2. The molecule has 0 saturated heterocycles. The Bertz CT molecular complexity index is 1800. The molecule has 0 aromatic rings. The van der Waals surface area contributed by atoms with E-state index in [0.717, 1.165) is 120 Å². The fourth-order valence-corrected chi connectivity index (χ4v) is 12.7. The van der Waals surface area contributed by atoms with Crippen molar-refractivity contribution in [3.8, 4) is 0 Å². The molecule has 0 saturated carbocycles. The lowest BCUT2D eigenvalue weighted by molar-refractivity contribution is -0.161. The number of phosphoric ester groups is 2. The lowest BCUT2D eigenvalue weighted by Gasteiger charge is -2.21. The third kappa shape index (κ3) is 66.7. The van der Waals surface area contributed by atoms with Crippen LogP contribution >= 0.6 is 15.6 Å². The first-order chi connectivity index (χ1) is 44.2. The van der Waals surface area contributed by atoms with Crippen molar-refractivity contribution in [1.29, 1.82) is 0 Å². The maximum atomic E-state index is 13.0. The average molecular weight is 1350 g/mol. The zero-order valence-corrected chi connectivity index (χ0v) is 61.8. The topological polar surface area (TPSA) is 237 Å². The zero-order valence-electron chi connectivity index (χ0n) is 60.0. The molecule has 0 heterocycles. The van der Waals surface area contributed by atoms with E-state index in [9.17, 15) is 43.2 Å². The van der Waals surface area contributed by atoms with Gasteiger partial charge in [-0.25, -0.2) is 9.13 Å². The molecule has 546 valence electrons. The summed E-state index contributed by atoms with van der Waals surface area (Å²) in [5.74, 6) is 0.206. The summed E-state index contributed by atoms with van der Waals surface area (Å²) in [7, 11) is -9.90.